The summed E-state index contributed by atoms with van der Waals surface area (Å²) in [5, 5.41) is 9.33. The van der Waals surface area contributed by atoms with Crippen molar-refractivity contribution >= 4 is 11.9 Å². The molecule has 0 saturated carbocycles. The predicted molar refractivity (Wildman–Crippen MR) is 172 cm³/mol. The summed E-state index contributed by atoms with van der Waals surface area (Å²) in [6, 6.07) is 0. The second kappa shape index (κ2) is 32.2. The van der Waals surface area contributed by atoms with Gasteiger partial charge in [0, 0.05) is 0 Å². The number of carboxylic acids is 1. The van der Waals surface area contributed by atoms with Crippen molar-refractivity contribution in [1.29, 1.82) is 0 Å². The molecule has 4 heteroatoms. The molecule has 0 rings (SSSR count). The van der Waals surface area contributed by atoms with Crippen molar-refractivity contribution in [3.05, 3.63) is 12.2 Å². The summed E-state index contributed by atoms with van der Waals surface area (Å²) >= 11 is 0. The Balaban J connectivity index is 3.33. The Morgan fingerprint density at radius 2 is 0.925 bits per heavy atom. The molecule has 4 nitrogen and oxygen atoms in total. The predicted octanol–water partition coefficient (Wildman–Crippen LogP) is 11.7. The summed E-state index contributed by atoms with van der Waals surface area (Å²) in [5.41, 5.74) is 0. The number of esters is 1. The average Bonchev–Trinajstić information content (AvgIpc) is 2.94. The fourth-order valence-corrected chi connectivity index (χ4v) is 5.37. The van der Waals surface area contributed by atoms with Gasteiger partial charge in [-0.15, -0.1) is 0 Å². The number of unbranched alkanes of at least 4 members (excludes halogenated alkanes) is 23. The van der Waals surface area contributed by atoms with Crippen molar-refractivity contribution in [3.63, 3.8) is 0 Å². The lowest BCUT2D eigenvalue weighted by molar-refractivity contribution is -0.151. The largest absolute Gasteiger partial charge is 0.481 e. The van der Waals surface area contributed by atoms with Crippen LogP contribution in [0, 0.1) is 5.92 Å². The maximum Gasteiger partial charge on any atom is 0.307 e. The van der Waals surface area contributed by atoms with Crippen LogP contribution in [0.5, 0.6) is 0 Å². The van der Waals surface area contributed by atoms with Crippen LogP contribution < -0.4 is 0 Å². The Labute approximate surface area is 249 Å². The number of rotatable bonds is 32. The maximum atomic E-state index is 11.7. The summed E-state index contributed by atoms with van der Waals surface area (Å²) < 4.78 is 5.03. The molecule has 0 aliphatic rings. The van der Waals surface area contributed by atoms with Crippen molar-refractivity contribution in [2.45, 2.75) is 194 Å². The lowest BCUT2D eigenvalue weighted by Gasteiger charge is -2.11. The van der Waals surface area contributed by atoms with Crippen LogP contribution in [-0.4, -0.2) is 23.7 Å². The molecular weight excluding hydrogens is 496 g/mol. The molecule has 1 N–H and O–H groups in total. The van der Waals surface area contributed by atoms with Crippen LogP contribution in [0.2, 0.25) is 0 Å². The van der Waals surface area contributed by atoms with Crippen molar-refractivity contribution in [2.75, 3.05) is 6.61 Å². The van der Waals surface area contributed by atoms with E-state index in [0.29, 0.717) is 13.0 Å². The standard InChI is InChI=1S/C36H68O4/c1-3-5-6-7-8-9-10-11-12-13-14-15-16-17-18-19-20-21-22-23-24-25-26-27-28-29-30-31-34(36(38)39)33-35(37)40-32-4-2/h20-21,34H,3-19,22-33H2,1-2H3,(H,38,39)/b21-20+. The van der Waals surface area contributed by atoms with E-state index in [0.717, 1.165) is 25.7 Å². The van der Waals surface area contributed by atoms with Crippen LogP contribution in [-0.2, 0) is 14.3 Å². The molecule has 0 radical (unpaired) electrons. The van der Waals surface area contributed by atoms with Gasteiger partial charge in [-0.25, -0.2) is 0 Å². The second-order valence-corrected chi connectivity index (χ2v) is 12.1. The third kappa shape index (κ3) is 29.7. The molecule has 0 spiro atoms. The molecule has 0 heterocycles. The van der Waals surface area contributed by atoms with Crippen LogP contribution >= 0.6 is 0 Å². The van der Waals surface area contributed by atoms with Crippen LogP contribution in [0.15, 0.2) is 12.2 Å². The van der Waals surface area contributed by atoms with E-state index in [4.69, 9.17) is 4.74 Å². The molecule has 1 atom stereocenters. The minimum Gasteiger partial charge on any atom is -0.481 e. The molecule has 0 bridgehead atoms. The first kappa shape index (κ1) is 38.7. The molecule has 1 unspecified atom stereocenters. The number of hydrogen-bond acceptors (Lipinski definition) is 3. The van der Waals surface area contributed by atoms with E-state index in [1.165, 1.54) is 141 Å². The van der Waals surface area contributed by atoms with E-state index >= 15 is 0 Å². The lowest BCUT2D eigenvalue weighted by atomic mass is 9.97. The first-order valence-corrected chi connectivity index (χ1v) is 17.6. The van der Waals surface area contributed by atoms with Gasteiger partial charge in [-0.2, -0.15) is 0 Å². The van der Waals surface area contributed by atoms with Gasteiger partial charge in [0.15, 0.2) is 0 Å². The monoisotopic (exact) mass is 565 g/mol. The van der Waals surface area contributed by atoms with Gasteiger partial charge in [0.25, 0.3) is 0 Å². The quantitative estimate of drug-likeness (QED) is 0.0501. The topological polar surface area (TPSA) is 63.6 Å². The number of carbonyl (C=O) groups is 2. The third-order valence-corrected chi connectivity index (χ3v) is 8.04. The Kier molecular flexibility index (Phi) is 31.1. The molecule has 0 aromatic carbocycles. The highest BCUT2D eigenvalue weighted by atomic mass is 16.5. The number of carboxylic acid groups (broad SMARTS) is 1. The van der Waals surface area contributed by atoms with E-state index in [1.54, 1.807) is 0 Å². The molecule has 0 amide bonds. The summed E-state index contributed by atoms with van der Waals surface area (Å²) in [7, 11) is 0. The fraction of sp³-hybridized carbons (Fsp3) is 0.889. The first-order chi connectivity index (χ1) is 19.6. The molecule has 0 aliphatic carbocycles. The number of allylic oxidation sites excluding steroid dienone is 2. The summed E-state index contributed by atoms with van der Waals surface area (Å²) in [6.45, 7) is 4.60. The molecular formula is C36H68O4. The van der Waals surface area contributed by atoms with Gasteiger partial charge < -0.3 is 9.84 Å². The molecule has 236 valence electrons. The molecule has 0 saturated heterocycles. The Bertz CT molecular complexity index is 571. The molecule has 0 fully saturated rings. The zero-order valence-corrected chi connectivity index (χ0v) is 26.9. The van der Waals surface area contributed by atoms with Gasteiger partial charge in [-0.3, -0.25) is 9.59 Å². The van der Waals surface area contributed by atoms with Crippen LogP contribution in [0.25, 0.3) is 0 Å². The maximum absolute atomic E-state index is 11.7. The minimum absolute atomic E-state index is 0.00323. The van der Waals surface area contributed by atoms with Crippen LogP contribution in [0.3, 0.4) is 0 Å². The van der Waals surface area contributed by atoms with Gasteiger partial charge in [0.05, 0.1) is 18.9 Å². The van der Waals surface area contributed by atoms with E-state index < -0.39 is 11.9 Å². The van der Waals surface area contributed by atoms with Gasteiger partial charge >= 0.3 is 11.9 Å². The zero-order chi connectivity index (χ0) is 29.4. The number of hydrogen-bond donors (Lipinski definition) is 1. The van der Waals surface area contributed by atoms with Gasteiger partial charge in [-0.05, 0) is 38.5 Å². The fourth-order valence-electron chi connectivity index (χ4n) is 5.37. The van der Waals surface area contributed by atoms with Crippen molar-refractivity contribution < 1.29 is 19.4 Å². The van der Waals surface area contributed by atoms with E-state index in [2.05, 4.69) is 19.1 Å². The smallest absolute Gasteiger partial charge is 0.307 e. The van der Waals surface area contributed by atoms with Crippen LogP contribution in [0.4, 0.5) is 0 Å². The highest BCUT2D eigenvalue weighted by Gasteiger charge is 2.21. The highest BCUT2D eigenvalue weighted by Crippen LogP contribution is 2.18. The number of aliphatic carboxylic acids is 1. The molecule has 40 heavy (non-hydrogen) atoms. The summed E-state index contributed by atoms with van der Waals surface area (Å²) in [5.74, 6) is -1.86. The highest BCUT2D eigenvalue weighted by molar-refractivity contribution is 5.78. The lowest BCUT2D eigenvalue weighted by Crippen LogP contribution is -2.19. The molecule has 0 aromatic rings. The van der Waals surface area contributed by atoms with Crippen molar-refractivity contribution in [2.24, 2.45) is 5.92 Å². The SMILES string of the molecule is CCCCCCCCCCCCCCCCC/C=C/CCCCCCCCCCC(CC(=O)OCCC)C(=O)O. The van der Waals surface area contributed by atoms with E-state index in [-0.39, 0.29) is 12.4 Å². The summed E-state index contributed by atoms with van der Waals surface area (Å²) in [4.78, 5) is 23.1. The van der Waals surface area contributed by atoms with Gasteiger partial charge in [0.1, 0.15) is 0 Å². The number of carbonyl (C=O) groups excluding carboxylic acids is 1. The second-order valence-electron chi connectivity index (χ2n) is 12.1. The third-order valence-electron chi connectivity index (χ3n) is 8.04. The Morgan fingerprint density at radius 3 is 1.30 bits per heavy atom. The van der Waals surface area contributed by atoms with Gasteiger partial charge in [-0.1, -0.05) is 161 Å². The zero-order valence-electron chi connectivity index (χ0n) is 26.9. The van der Waals surface area contributed by atoms with Crippen molar-refractivity contribution in [3.8, 4) is 0 Å². The van der Waals surface area contributed by atoms with Crippen LogP contribution in [0.1, 0.15) is 194 Å². The molecule has 0 aromatic heterocycles. The Morgan fingerprint density at radius 1 is 0.550 bits per heavy atom. The minimum atomic E-state index is -0.877. The first-order valence-electron chi connectivity index (χ1n) is 17.6. The summed E-state index contributed by atoms with van der Waals surface area (Å²) in [6.07, 6.45) is 39.5. The van der Waals surface area contributed by atoms with Gasteiger partial charge in [0.2, 0.25) is 0 Å². The average molecular weight is 565 g/mol. The van der Waals surface area contributed by atoms with E-state index in [1.807, 2.05) is 6.92 Å². The number of ether oxygens (including phenoxy) is 1. The normalized spacial score (nSPS) is 12.2. The molecule has 0 aliphatic heterocycles. The van der Waals surface area contributed by atoms with Crippen molar-refractivity contribution in [1.82, 2.24) is 0 Å². The Hall–Kier alpha value is -1.32. The van der Waals surface area contributed by atoms with E-state index in [9.17, 15) is 14.7 Å².